The van der Waals surface area contributed by atoms with Crippen molar-refractivity contribution < 1.29 is 8.78 Å². The van der Waals surface area contributed by atoms with Crippen LogP contribution in [0.4, 0.5) is 8.78 Å². The summed E-state index contributed by atoms with van der Waals surface area (Å²) in [6, 6.07) is 14.9. The standard InChI is InChI=1S/C23H19F2N3OS/c24-20(25)17-12-18(16-11-5-7-13-6-1-4-10-15(13)16)26-21-19(17)22(29)27-23(30)28(21)14-8-2-3-9-14/h1,4-7,10-12,14,20H,2-3,8-9H2,(H,27,29,30). The molecule has 7 heteroatoms. The van der Waals surface area contributed by atoms with Crippen LogP contribution >= 0.6 is 12.2 Å². The Morgan fingerprint density at radius 1 is 1.10 bits per heavy atom. The molecule has 5 rings (SSSR count). The zero-order valence-electron chi connectivity index (χ0n) is 16.1. The minimum Gasteiger partial charge on any atom is -0.299 e. The number of aromatic amines is 1. The van der Waals surface area contributed by atoms with Gasteiger partial charge in [0.25, 0.3) is 12.0 Å². The summed E-state index contributed by atoms with van der Waals surface area (Å²) in [5.41, 5.74) is 0.487. The number of alkyl halides is 2. The molecule has 0 amide bonds. The van der Waals surface area contributed by atoms with Crippen LogP contribution in [0.1, 0.15) is 43.7 Å². The van der Waals surface area contributed by atoms with E-state index in [0.717, 1.165) is 42.0 Å². The molecule has 4 nitrogen and oxygen atoms in total. The summed E-state index contributed by atoms with van der Waals surface area (Å²) in [5, 5.41) is 1.84. The maximum Gasteiger partial charge on any atom is 0.264 e. The van der Waals surface area contributed by atoms with E-state index in [1.807, 2.05) is 42.5 Å². The van der Waals surface area contributed by atoms with E-state index in [0.29, 0.717) is 5.69 Å². The van der Waals surface area contributed by atoms with Crippen LogP contribution in [0.5, 0.6) is 0 Å². The highest BCUT2D eigenvalue weighted by Crippen LogP contribution is 2.36. The van der Waals surface area contributed by atoms with Gasteiger partial charge < -0.3 is 0 Å². The molecule has 0 aliphatic heterocycles. The van der Waals surface area contributed by atoms with Gasteiger partial charge in [0.05, 0.1) is 11.1 Å². The SMILES string of the molecule is O=c1[nH]c(=S)n(C2CCCC2)c2nc(-c3cccc4ccccc34)cc(C(F)F)c12. The van der Waals surface area contributed by atoms with Gasteiger partial charge in [0.2, 0.25) is 0 Å². The number of H-pyrrole nitrogens is 1. The summed E-state index contributed by atoms with van der Waals surface area (Å²) in [4.78, 5) is 20.0. The maximum absolute atomic E-state index is 14.1. The van der Waals surface area contributed by atoms with Crippen molar-refractivity contribution in [3.63, 3.8) is 0 Å². The Hall–Kier alpha value is -2.93. The normalized spacial score (nSPS) is 14.9. The number of hydrogen-bond acceptors (Lipinski definition) is 3. The van der Waals surface area contributed by atoms with E-state index >= 15 is 0 Å². The molecule has 0 unspecified atom stereocenters. The van der Waals surface area contributed by atoms with Gasteiger partial charge in [0.1, 0.15) is 5.65 Å². The summed E-state index contributed by atoms with van der Waals surface area (Å²) in [6.45, 7) is 0. The van der Waals surface area contributed by atoms with Crippen LogP contribution in [-0.2, 0) is 0 Å². The number of rotatable bonds is 3. The Bertz CT molecular complexity index is 1380. The van der Waals surface area contributed by atoms with E-state index in [4.69, 9.17) is 17.2 Å². The van der Waals surface area contributed by atoms with Crippen LogP contribution in [0.25, 0.3) is 33.1 Å². The van der Waals surface area contributed by atoms with Gasteiger partial charge in [-0.2, -0.15) is 0 Å². The number of hydrogen-bond donors (Lipinski definition) is 1. The van der Waals surface area contributed by atoms with Crippen LogP contribution in [0.15, 0.2) is 53.3 Å². The molecule has 1 saturated carbocycles. The number of benzene rings is 2. The summed E-state index contributed by atoms with van der Waals surface area (Å²) in [5.74, 6) is 0. The van der Waals surface area contributed by atoms with Crippen molar-refractivity contribution in [2.24, 2.45) is 0 Å². The lowest BCUT2D eigenvalue weighted by atomic mass is 10.00. The molecule has 30 heavy (non-hydrogen) atoms. The summed E-state index contributed by atoms with van der Waals surface area (Å²) in [6.07, 6.45) is 1.05. The lowest BCUT2D eigenvalue weighted by Gasteiger charge is -2.19. The molecule has 1 N–H and O–H groups in total. The van der Waals surface area contributed by atoms with Crippen molar-refractivity contribution in [1.82, 2.24) is 14.5 Å². The molecule has 152 valence electrons. The number of halogens is 2. The van der Waals surface area contributed by atoms with E-state index in [1.165, 1.54) is 6.07 Å². The predicted molar refractivity (Wildman–Crippen MR) is 117 cm³/mol. The van der Waals surface area contributed by atoms with E-state index in [-0.39, 0.29) is 27.4 Å². The first-order valence-electron chi connectivity index (χ1n) is 10.0. The fourth-order valence-electron chi connectivity index (χ4n) is 4.53. The average Bonchev–Trinajstić information content (AvgIpc) is 3.26. The van der Waals surface area contributed by atoms with Crippen molar-refractivity contribution >= 4 is 34.0 Å². The number of fused-ring (bicyclic) bond motifs is 2. The van der Waals surface area contributed by atoms with Crippen molar-refractivity contribution in [3.8, 4) is 11.3 Å². The molecular weight excluding hydrogens is 404 g/mol. The lowest BCUT2D eigenvalue weighted by molar-refractivity contribution is 0.153. The van der Waals surface area contributed by atoms with E-state index in [9.17, 15) is 13.6 Å². The van der Waals surface area contributed by atoms with Crippen LogP contribution in [0, 0.1) is 4.77 Å². The molecule has 0 saturated heterocycles. The molecule has 2 heterocycles. The second-order valence-electron chi connectivity index (χ2n) is 7.69. The molecule has 1 aliphatic rings. The quantitative estimate of drug-likeness (QED) is 0.392. The van der Waals surface area contributed by atoms with E-state index in [1.54, 1.807) is 4.57 Å². The zero-order valence-corrected chi connectivity index (χ0v) is 16.9. The first-order chi connectivity index (χ1) is 14.5. The smallest absolute Gasteiger partial charge is 0.264 e. The van der Waals surface area contributed by atoms with Gasteiger partial charge in [0.15, 0.2) is 4.77 Å². The van der Waals surface area contributed by atoms with Crippen molar-refractivity contribution in [3.05, 3.63) is 69.2 Å². The van der Waals surface area contributed by atoms with Gasteiger partial charge in [-0.05, 0) is 41.9 Å². The second kappa shape index (κ2) is 7.40. The van der Waals surface area contributed by atoms with Gasteiger partial charge >= 0.3 is 0 Å². The maximum atomic E-state index is 14.1. The molecule has 0 spiro atoms. The average molecular weight is 423 g/mol. The number of nitrogens with zero attached hydrogens (tertiary/aromatic N) is 2. The third kappa shape index (κ3) is 3.04. The molecule has 0 bridgehead atoms. The first-order valence-corrected chi connectivity index (χ1v) is 10.4. The summed E-state index contributed by atoms with van der Waals surface area (Å²) in [7, 11) is 0. The van der Waals surface area contributed by atoms with Crippen LogP contribution in [0.3, 0.4) is 0 Å². The lowest BCUT2D eigenvalue weighted by Crippen LogP contribution is -2.20. The molecule has 2 aromatic heterocycles. The molecule has 4 aromatic rings. The van der Waals surface area contributed by atoms with Crippen LogP contribution < -0.4 is 5.56 Å². The van der Waals surface area contributed by atoms with E-state index in [2.05, 4.69) is 4.98 Å². The topological polar surface area (TPSA) is 50.7 Å². The Labute approximate surface area is 176 Å². The minimum atomic E-state index is -2.81. The van der Waals surface area contributed by atoms with Crippen molar-refractivity contribution in [1.29, 1.82) is 0 Å². The summed E-state index contributed by atoms with van der Waals surface area (Å²) >= 11 is 5.43. The van der Waals surface area contributed by atoms with Gasteiger partial charge in [-0.3, -0.25) is 14.3 Å². The van der Waals surface area contributed by atoms with E-state index < -0.39 is 12.0 Å². The Morgan fingerprint density at radius 2 is 1.83 bits per heavy atom. The van der Waals surface area contributed by atoms with Crippen molar-refractivity contribution in [2.45, 2.75) is 38.2 Å². The van der Waals surface area contributed by atoms with Crippen LogP contribution in [0.2, 0.25) is 0 Å². The monoisotopic (exact) mass is 423 g/mol. The third-order valence-corrected chi connectivity index (χ3v) is 6.21. The fraction of sp³-hybridized carbons (Fsp3) is 0.261. The Morgan fingerprint density at radius 3 is 2.60 bits per heavy atom. The zero-order chi connectivity index (χ0) is 20.8. The molecule has 2 aromatic carbocycles. The predicted octanol–water partition coefficient (Wildman–Crippen LogP) is 6.33. The van der Waals surface area contributed by atoms with Gasteiger partial charge in [-0.1, -0.05) is 55.3 Å². The highest BCUT2D eigenvalue weighted by Gasteiger charge is 2.25. The highest BCUT2D eigenvalue weighted by atomic mass is 32.1. The first kappa shape index (κ1) is 19.1. The van der Waals surface area contributed by atoms with Crippen LogP contribution in [-0.4, -0.2) is 14.5 Å². The summed E-state index contributed by atoms with van der Waals surface area (Å²) < 4.78 is 30.2. The minimum absolute atomic E-state index is 0.0534. The second-order valence-corrected chi connectivity index (χ2v) is 8.08. The Kier molecular flexibility index (Phi) is 4.70. The van der Waals surface area contributed by atoms with Crippen molar-refractivity contribution in [2.75, 3.05) is 0 Å². The van der Waals surface area contributed by atoms with Gasteiger partial charge in [0, 0.05) is 17.2 Å². The molecule has 0 radical (unpaired) electrons. The largest absolute Gasteiger partial charge is 0.299 e. The molecular formula is C23H19F2N3OS. The van der Waals surface area contributed by atoms with Gasteiger partial charge in [-0.25, -0.2) is 13.8 Å². The molecule has 1 fully saturated rings. The highest BCUT2D eigenvalue weighted by molar-refractivity contribution is 7.71. The third-order valence-electron chi connectivity index (χ3n) is 5.92. The Balaban J connectivity index is 1.90. The molecule has 1 aliphatic carbocycles. The number of pyridine rings is 1. The fourth-order valence-corrected chi connectivity index (χ4v) is 4.86. The number of aromatic nitrogens is 3. The number of nitrogens with one attached hydrogen (secondary N) is 1. The molecule has 0 atom stereocenters. The van der Waals surface area contributed by atoms with Gasteiger partial charge in [-0.15, -0.1) is 0 Å².